The third-order valence-electron chi connectivity index (χ3n) is 5.29. The Kier molecular flexibility index (Phi) is 5.79. The average molecular weight is 458 g/mol. The van der Waals surface area contributed by atoms with E-state index in [1.165, 1.54) is 11.8 Å². The maximum atomic E-state index is 13.0. The summed E-state index contributed by atoms with van der Waals surface area (Å²) in [6.45, 7) is 1.47. The Morgan fingerprint density at radius 1 is 1.03 bits per heavy atom. The molecule has 1 heterocycles. The second-order valence-electron chi connectivity index (χ2n) is 7.52. The number of hydrogen-bond acceptors (Lipinski definition) is 3. The van der Waals surface area contributed by atoms with E-state index in [1.807, 2.05) is 13.9 Å². The van der Waals surface area contributed by atoms with Crippen LogP contribution >= 0.6 is 0 Å². The molecule has 0 aromatic heterocycles. The molecule has 0 radical (unpaired) electrons. The predicted molar refractivity (Wildman–Crippen MR) is 105 cm³/mol. The summed E-state index contributed by atoms with van der Waals surface area (Å²) in [5, 5.41) is 11.9. The second kappa shape index (κ2) is 7.84. The fourth-order valence-corrected chi connectivity index (χ4v) is 3.65. The SMILES string of the molecule is Bc1ccc2c(c1)CN(C(C)=O)C2C(=O)Nc1ccc(C(O)(C(F)(F)F)C(F)(F)F)cc1. The third kappa shape index (κ3) is 3.94. The number of halogens is 6. The molecule has 2 N–H and O–H groups in total. The highest BCUT2D eigenvalue weighted by molar-refractivity contribution is 6.32. The van der Waals surface area contributed by atoms with Crippen molar-refractivity contribution in [1.29, 1.82) is 0 Å². The number of carbonyl (C=O) groups excluding carboxylic acids is 2. The highest BCUT2D eigenvalue weighted by Gasteiger charge is 2.71. The van der Waals surface area contributed by atoms with Crippen LogP contribution in [0.15, 0.2) is 42.5 Å². The maximum Gasteiger partial charge on any atom is 0.430 e. The molecule has 1 aliphatic rings. The second-order valence-corrected chi connectivity index (χ2v) is 7.52. The van der Waals surface area contributed by atoms with Crippen LogP contribution in [0.1, 0.15) is 29.7 Å². The van der Waals surface area contributed by atoms with E-state index in [0.29, 0.717) is 17.7 Å². The predicted octanol–water partition coefficient (Wildman–Crippen LogP) is 2.30. The van der Waals surface area contributed by atoms with Crippen LogP contribution in [-0.2, 0) is 21.7 Å². The zero-order chi connectivity index (χ0) is 24.1. The van der Waals surface area contributed by atoms with Crippen molar-refractivity contribution in [3.63, 3.8) is 0 Å². The molecule has 0 aliphatic carbocycles. The fraction of sp³-hybridized carbons (Fsp3) is 0.300. The van der Waals surface area contributed by atoms with Crippen molar-refractivity contribution in [1.82, 2.24) is 4.90 Å². The van der Waals surface area contributed by atoms with Crippen LogP contribution < -0.4 is 10.8 Å². The van der Waals surface area contributed by atoms with Crippen LogP contribution in [0.25, 0.3) is 0 Å². The molecule has 1 unspecified atom stereocenters. The maximum absolute atomic E-state index is 13.0. The van der Waals surface area contributed by atoms with Gasteiger partial charge in [0.25, 0.3) is 11.5 Å². The van der Waals surface area contributed by atoms with Gasteiger partial charge in [0, 0.05) is 24.7 Å². The lowest BCUT2D eigenvalue weighted by atomic mass is 9.91. The summed E-state index contributed by atoms with van der Waals surface area (Å²) in [6.07, 6.45) is -12.0. The lowest BCUT2D eigenvalue weighted by Crippen LogP contribution is -2.53. The van der Waals surface area contributed by atoms with Crippen LogP contribution in [0.5, 0.6) is 0 Å². The van der Waals surface area contributed by atoms with Gasteiger partial charge in [-0.1, -0.05) is 35.8 Å². The Labute approximate surface area is 179 Å². The van der Waals surface area contributed by atoms with Gasteiger partial charge >= 0.3 is 12.4 Å². The summed E-state index contributed by atoms with van der Waals surface area (Å²) in [5.74, 6) is -1.06. The van der Waals surface area contributed by atoms with Crippen molar-refractivity contribution in [2.75, 3.05) is 5.32 Å². The van der Waals surface area contributed by atoms with Gasteiger partial charge < -0.3 is 15.3 Å². The van der Waals surface area contributed by atoms with Crippen LogP contribution in [0.4, 0.5) is 32.0 Å². The van der Waals surface area contributed by atoms with E-state index in [9.17, 15) is 41.0 Å². The number of amides is 2. The van der Waals surface area contributed by atoms with E-state index in [-0.39, 0.29) is 18.1 Å². The molecule has 170 valence electrons. The topological polar surface area (TPSA) is 69.6 Å². The van der Waals surface area contributed by atoms with Crippen LogP contribution in [-0.4, -0.2) is 42.0 Å². The minimum atomic E-state index is -6.01. The summed E-state index contributed by atoms with van der Waals surface area (Å²) in [5.41, 5.74) is -4.35. The Bertz CT molecular complexity index is 1040. The number of anilines is 1. The number of hydrogen-bond donors (Lipinski definition) is 2. The summed E-state index contributed by atoms with van der Waals surface area (Å²) in [7, 11) is 1.84. The molecular weight excluding hydrogens is 441 g/mol. The summed E-state index contributed by atoms with van der Waals surface area (Å²) in [6, 6.07) is 6.77. The van der Waals surface area contributed by atoms with E-state index >= 15 is 0 Å². The van der Waals surface area contributed by atoms with Gasteiger partial charge in [-0.05, 0) is 23.3 Å². The number of benzene rings is 2. The highest BCUT2D eigenvalue weighted by Crippen LogP contribution is 2.50. The molecule has 32 heavy (non-hydrogen) atoms. The molecular formula is C20H17BF6N2O3. The molecule has 5 nitrogen and oxygen atoms in total. The Balaban J connectivity index is 1.89. The van der Waals surface area contributed by atoms with Gasteiger partial charge in [0.15, 0.2) is 0 Å². The van der Waals surface area contributed by atoms with Gasteiger partial charge in [0.1, 0.15) is 13.9 Å². The lowest BCUT2D eigenvalue weighted by Gasteiger charge is -2.32. The summed E-state index contributed by atoms with van der Waals surface area (Å²) >= 11 is 0. The summed E-state index contributed by atoms with van der Waals surface area (Å²) in [4.78, 5) is 26.2. The van der Waals surface area contributed by atoms with Gasteiger partial charge in [-0.15, -0.1) is 0 Å². The smallest absolute Gasteiger partial charge is 0.369 e. The quantitative estimate of drug-likeness (QED) is 0.548. The monoisotopic (exact) mass is 458 g/mol. The normalized spacial score (nSPS) is 16.6. The van der Waals surface area contributed by atoms with E-state index in [2.05, 4.69) is 5.32 Å². The minimum Gasteiger partial charge on any atom is -0.369 e. The minimum absolute atomic E-state index is 0.102. The first kappa shape index (κ1) is 23.6. The molecule has 2 aromatic rings. The van der Waals surface area contributed by atoms with E-state index in [0.717, 1.165) is 23.2 Å². The van der Waals surface area contributed by atoms with E-state index in [4.69, 9.17) is 0 Å². The molecule has 0 saturated carbocycles. The van der Waals surface area contributed by atoms with Crippen molar-refractivity contribution in [2.24, 2.45) is 0 Å². The average Bonchev–Trinajstić information content (AvgIpc) is 3.05. The molecule has 1 aliphatic heterocycles. The first-order valence-electron chi connectivity index (χ1n) is 9.30. The number of nitrogens with one attached hydrogen (secondary N) is 1. The number of fused-ring (bicyclic) bond motifs is 1. The largest absolute Gasteiger partial charge is 0.430 e. The van der Waals surface area contributed by atoms with Crippen molar-refractivity contribution >= 4 is 30.8 Å². The van der Waals surface area contributed by atoms with Gasteiger partial charge in [-0.2, -0.15) is 26.3 Å². The lowest BCUT2D eigenvalue weighted by molar-refractivity contribution is -0.376. The first-order valence-corrected chi connectivity index (χ1v) is 9.30. The summed E-state index contributed by atoms with van der Waals surface area (Å²) < 4.78 is 78.1. The van der Waals surface area contributed by atoms with E-state index < -0.39 is 35.5 Å². The fourth-order valence-electron chi connectivity index (χ4n) is 3.65. The number of alkyl halides is 6. The van der Waals surface area contributed by atoms with Crippen LogP contribution in [0.2, 0.25) is 0 Å². The van der Waals surface area contributed by atoms with Crippen LogP contribution in [0, 0.1) is 0 Å². The number of carbonyl (C=O) groups is 2. The Hall–Kier alpha value is -3.02. The zero-order valence-corrected chi connectivity index (χ0v) is 16.8. The molecule has 1 atom stereocenters. The standard InChI is InChI=1S/C20H17BF6N2O3/c1-10(30)29-9-11-8-13(21)4-7-15(11)16(29)17(31)28-14-5-2-12(3-6-14)18(32,19(22,23)24)20(25,26)27/h2-8,16,32H,9,21H2,1H3,(H,28,31). The highest BCUT2D eigenvalue weighted by atomic mass is 19.4. The molecule has 2 aromatic carbocycles. The van der Waals surface area contributed by atoms with Crippen LogP contribution in [0.3, 0.4) is 0 Å². The molecule has 12 heteroatoms. The van der Waals surface area contributed by atoms with Crippen molar-refractivity contribution in [3.8, 4) is 0 Å². The Morgan fingerprint density at radius 2 is 1.59 bits per heavy atom. The third-order valence-corrected chi connectivity index (χ3v) is 5.29. The molecule has 0 fully saturated rings. The van der Waals surface area contributed by atoms with Crippen molar-refractivity contribution < 1.29 is 41.0 Å². The van der Waals surface area contributed by atoms with Gasteiger partial charge in [-0.3, -0.25) is 9.59 Å². The molecule has 0 saturated heterocycles. The number of rotatable bonds is 3. The number of aliphatic hydroxyl groups is 1. The Morgan fingerprint density at radius 3 is 2.09 bits per heavy atom. The number of nitrogens with zero attached hydrogens (tertiary/aromatic N) is 1. The molecule has 3 rings (SSSR count). The molecule has 2 amide bonds. The van der Waals surface area contributed by atoms with Gasteiger partial charge in [-0.25, -0.2) is 0 Å². The first-order chi connectivity index (χ1) is 14.7. The molecule has 0 spiro atoms. The van der Waals surface area contributed by atoms with Crippen molar-refractivity contribution in [2.45, 2.75) is 37.5 Å². The van der Waals surface area contributed by atoms with Crippen molar-refractivity contribution in [3.05, 3.63) is 59.2 Å². The van der Waals surface area contributed by atoms with Gasteiger partial charge in [0.05, 0.1) is 0 Å². The zero-order valence-electron chi connectivity index (χ0n) is 16.8. The molecule has 0 bridgehead atoms. The van der Waals surface area contributed by atoms with E-state index in [1.54, 1.807) is 12.1 Å². The van der Waals surface area contributed by atoms with Gasteiger partial charge in [0.2, 0.25) is 5.91 Å².